The van der Waals surface area contributed by atoms with Crippen molar-refractivity contribution in [2.24, 2.45) is 0 Å². The maximum Gasteiger partial charge on any atom is 0.256 e. The molecule has 248 valence electrons. The molecule has 0 atom stereocenters. The Morgan fingerprint density at radius 1 is 0.315 bits per heavy atom. The van der Waals surface area contributed by atoms with Gasteiger partial charge in [0.05, 0.1) is 16.6 Å². The van der Waals surface area contributed by atoms with E-state index in [0.717, 1.165) is 23.0 Å². The number of benzene rings is 8. The SMILES string of the molecule is c1ccc2c(c1)Oc1ccc3c4ccccc4n4c3c1B2c1ccccc1-4.c1ccc2c(c1)Oc1cccc3c1B2c1cccc2c4ccccc4n-3c12. The zero-order valence-corrected chi connectivity index (χ0v) is 29.0. The third-order valence-corrected chi connectivity index (χ3v) is 12.1. The molecule has 14 rings (SSSR count). The lowest BCUT2D eigenvalue weighted by molar-refractivity contribution is 0.487. The molecule has 0 aliphatic carbocycles. The molecule has 0 fully saturated rings. The lowest BCUT2D eigenvalue weighted by Crippen LogP contribution is -2.58. The van der Waals surface area contributed by atoms with E-state index in [2.05, 4.69) is 167 Å². The second-order valence-corrected chi connectivity index (χ2v) is 14.7. The maximum absolute atomic E-state index is 6.34. The summed E-state index contributed by atoms with van der Waals surface area (Å²) >= 11 is 0. The Hall–Kier alpha value is -6.91. The van der Waals surface area contributed by atoms with Gasteiger partial charge in [-0.1, -0.05) is 115 Å². The molecule has 6 heterocycles. The van der Waals surface area contributed by atoms with Crippen LogP contribution in [0.2, 0.25) is 0 Å². The van der Waals surface area contributed by atoms with Gasteiger partial charge in [0.25, 0.3) is 13.4 Å². The van der Waals surface area contributed by atoms with Gasteiger partial charge >= 0.3 is 0 Å². The van der Waals surface area contributed by atoms with E-state index >= 15 is 0 Å². The molecule has 0 spiro atoms. The molecule has 0 N–H and O–H groups in total. The highest BCUT2D eigenvalue weighted by atomic mass is 16.5. The fourth-order valence-corrected chi connectivity index (χ4v) is 10.1. The van der Waals surface area contributed by atoms with E-state index in [1.165, 1.54) is 87.8 Å². The monoisotopic (exact) mass is 686 g/mol. The molecule has 2 aromatic heterocycles. The van der Waals surface area contributed by atoms with E-state index in [0.29, 0.717) is 0 Å². The largest absolute Gasteiger partial charge is 0.458 e. The minimum Gasteiger partial charge on any atom is -0.458 e. The van der Waals surface area contributed by atoms with Crippen molar-refractivity contribution in [3.8, 4) is 34.4 Å². The van der Waals surface area contributed by atoms with E-state index in [4.69, 9.17) is 9.47 Å². The van der Waals surface area contributed by atoms with E-state index < -0.39 is 0 Å². The number of ether oxygens (including phenoxy) is 2. The quantitative estimate of drug-likeness (QED) is 0.155. The van der Waals surface area contributed by atoms with Crippen LogP contribution in [0.5, 0.6) is 23.0 Å². The third-order valence-electron chi connectivity index (χ3n) is 12.1. The zero-order chi connectivity index (χ0) is 35.1. The van der Waals surface area contributed by atoms with Crippen molar-refractivity contribution in [1.29, 1.82) is 0 Å². The molecule has 54 heavy (non-hydrogen) atoms. The van der Waals surface area contributed by atoms with Gasteiger partial charge in [-0.25, -0.2) is 0 Å². The summed E-state index contributed by atoms with van der Waals surface area (Å²) in [6.45, 7) is 0.420. The van der Waals surface area contributed by atoms with Crippen LogP contribution in [0.15, 0.2) is 170 Å². The van der Waals surface area contributed by atoms with E-state index in [-0.39, 0.29) is 13.4 Å². The summed E-state index contributed by atoms with van der Waals surface area (Å²) in [6, 6.07) is 60.6. The van der Waals surface area contributed by atoms with Crippen molar-refractivity contribution in [2.45, 2.75) is 0 Å². The van der Waals surface area contributed by atoms with Gasteiger partial charge in [-0.15, -0.1) is 0 Å². The van der Waals surface area contributed by atoms with Crippen molar-refractivity contribution < 1.29 is 9.47 Å². The lowest BCUT2D eigenvalue weighted by atomic mass is 9.34. The minimum atomic E-state index is 0.210. The average Bonchev–Trinajstić information content (AvgIpc) is 3.76. The summed E-state index contributed by atoms with van der Waals surface area (Å²) < 4.78 is 17.5. The number of fused-ring (bicyclic) bond motifs is 15. The molecule has 0 radical (unpaired) electrons. The van der Waals surface area contributed by atoms with Crippen molar-refractivity contribution in [1.82, 2.24) is 9.13 Å². The number of aromatic nitrogens is 2. The van der Waals surface area contributed by atoms with E-state index in [9.17, 15) is 0 Å². The molecule has 10 aromatic rings. The first-order chi connectivity index (χ1) is 26.8. The third kappa shape index (κ3) is 3.55. The minimum absolute atomic E-state index is 0.210. The zero-order valence-electron chi connectivity index (χ0n) is 29.0. The number of hydrogen-bond donors (Lipinski definition) is 0. The van der Waals surface area contributed by atoms with E-state index in [1.807, 2.05) is 12.1 Å². The summed E-state index contributed by atoms with van der Waals surface area (Å²) in [6.07, 6.45) is 0. The van der Waals surface area contributed by atoms with Gasteiger partial charge in [0, 0.05) is 38.4 Å². The summed E-state index contributed by atoms with van der Waals surface area (Å²) in [4.78, 5) is 0. The molecule has 0 bridgehead atoms. The molecule has 4 aliphatic heterocycles. The van der Waals surface area contributed by atoms with Gasteiger partial charge < -0.3 is 18.6 Å². The van der Waals surface area contributed by atoms with Crippen molar-refractivity contribution in [2.75, 3.05) is 0 Å². The number of para-hydroxylation sites is 6. The number of rotatable bonds is 0. The summed E-state index contributed by atoms with van der Waals surface area (Å²) in [5.74, 6) is 3.88. The topological polar surface area (TPSA) is 28.3 Å². The van der Waals surface area contributed by atoms with Crippen molar-refractivity contribution in [3.63, 3.8) is 0 Å². The fraction of sp³-hybridized carbons (Fsp3) is 0. The number of nitrogens with zero attached hydrogens (tertiary/aromatic N) is 2. The van der Waals surface area contributed by atoms with Crippen LogP contribution in [-0.4, -0.2) is 22.6 Å². The molecular formula is C48H28B2N2O2. The van der Waals surface area contributed by atoms with Gasteiger partial charge in [0.1, 0.15) is 23.0 Å². The molecule has 0 saturated heterocycles. The van der Waals surface area contributed by atoms with Gasteiger partial charge in [0.15, 0.2) is 0 Å². The van der Waals surface area contributed by atoms with Crippen molar-refractivity contribution >= 4 is 89.8 Å². The summed E-state index contributed by atoms with van der Waals surface area (Å²) in [5.41, 5.74) is 15.4. The highest BCUT2D eigenvalue weighted by Crippen LogP contribution is 2.39. The lowest BCUT2D eigenvalue weighted by Gasteiger charge is -2.33. The van der Waals surface area contributed by atoms with Gasteiger partial charge in [-0.2, -0.15) is 0 Å². The summed E-state index contributed by atoms with van der Waals surface area (Å²) in [5, 5.41) is 5.22. The van der Waals surface area contributed by atoms with Gasteiger partial charge in [0.2, 0.25) is 0 Å². The van der Waals surface area contributed by atoms with Crippen LogP contribution in [0.3, 0.4) is 0 Å². The molecule has 4 aliphatic rings. The molecule has 0 saturated carbocycles. The highest BCUT2D eigenvalue weighted by molar-refractivity contribution is 7.00. The van der Waals surface area contributed by atoms with Crippen LogP contribution in [0, 0.1) is 0 Å². The average molecular weight is 686 g/mol. The molecular weight excluding hydrogens is 658 g/mol. The first kappa shape index (κ1) is 28.6. The van der Waals surface area contributed by atoms with Gasteiger partial charge in [-0.3, -0.25) is 0 Å². The normalized spacial score (nSPS) is 13.4. The second kappa shape index (κ2) is 10.4. The predicted molar refractivity (Wildman–Crippen MR) is 224 cm³/mol. The van der Waals surface area contributed by atoms with E-state index in [1.54, 1.807) is 0 Å². The van der Waals surface area contributed by atoms with Crippen LogP contribution in [-0.2, 0) is 0 Å². The standard InChI is InChI=1S/2C24H14BNO/c1-4-10-19-15(7-1)16-13-14-22-23-24(16)26(19)20-11-5-2-8-17(20)25(23)18-9-3-6-12-21(18)27-22;1-3-11-19-15(7-1)16-8-5-10-18-24(16)26(19)20-12-6-14-22-23(20)25(18)17-9-2-4-13-21(17)27-22/h2*1-14H. The fourth-order valence-electron chi connectivity index (χ4n) is 10.1. The van der Waals surface area contributed by atoms with Crippen LogP contribution in [0.4, 0.5) is 0 Å². The Morgan fingerprint density at radius 3 is 1.54 bits per heavy atom. The Morgan fingerprint density at radius 2 is 0.796 bits per heavy atom. The molecule has 0 amide bonds. The first-order valence-electron chi connectivity index (χ1n) is 18.7. The predicted octanol–water partition coefficient (Wildman–Crippen LogP) is 7.44. The Labute approximate surface area is 311 Å². The Kier molecular flexibility index (Phi) is 5.50. The van der Waals surface area contributed by atoms with Gasteiger partial charge in [-0.05, 0) is 87.4 Å². The highest BCUT2D eigenvalue weighted by Gasteiger charge is 2.41. The molecule has 8 aromatic carbocycles. The Bertz CT molecular complexity index is 3230. The van der Waals surface area contributed by atoms with Crippen molar-refractivity contribution in [3.05, 3.63) is 170 Å². The molecule has 0 unspecified atom stereocenters. The summed E-state index contributed by atoms with van der Waals surface area (Å²) in [7, 11) is 0. The van der Waals surface area contributed by atoms with Crippen LogP contribution in [0.1, 0.15) is 0 Å². The second-order valence-electron chi connectivity index (χ2n) is 14.7. The number of hydrogen-bond acceptors (Lipinski definition) is 2. The maximum atomic E-state index is 6.34. The first-order valence-corrected chi connectivity index (χ1v) is 18.7. The van der Waals surface area contributed by atoms with Crippen LogP contribution in [0.25, 0.3) is 55.0 Å². The van der Waals surface area contributed by atoms with Crippen LogP contribution < -0.4 is 42.3 Å². The molecule has 6 heteroatoms. The smallest absolute Gasteiger partial charge is 0.256 e. The van der Waals surface area contributed by atoms with Crippen LogP contribution >= 0.6 is 0 Å². The Balaban J connectivity index is 0.000000115. The molecule has 4 nitrogen and oxygen atoms in total.